The van der Waals surface area contributed by atoms with E-state index in [9.17, 15) is 5.11 Å². The van der Waals surface area contributed by atoms with E-state index in [-0.39, 0.29) is 6.61 Å². The van der Waals surface area contributed by atoms with E-state index in [4.69, 9.17) is 9.47 Å². The number of aliphatic hydroxyl groups is 1. The summed E-state index contributed by atoms with van der Waals surface area (Å²) in [6, 6.07) is 9.41. The highest BCUT2D eigenvalue weighted by Gasteiger charge is 2.06. The molecule has 5 heteroatoms. The summed E-state index contributed by atoms with van der Waals surface area (Å²) in [5, 5.41) is 9.26. The summed E-state index contributed by atoms with van der Waals surface area (Å²) in [5.41, 5.74) is 1.63. The standard InChI is InChI=1S/C14H14BrNO3/c1-18-13-4-2-3-10(5-13)9-19-14-11(8-17)6-12(15)7-16-14/h2-7,17H,8-9H2,1H3. The first-order valence-electron chi connectivity index (χ1n) is 5.74. The number of aliphatic hydroxyl groups excluding tert-OH is 1. The molecule has 100 valence electrons. The Morgan fingerprint density at radius 1 is 1.32 bits per heavy atom. The quantitative estimate of drug-likeness (QED) is 0.919. The molecule has 0 aliphatic carbocycles. The van der Waals surface area contributed by atoms with Crippen molar-refractivity contribution >= 4 is 15.9 Å². The summed E-state index contributed by atoms with van der Waals surface area (Å²) >= 11 is 3.31. The maximum Gasteiger partial charge on any atom is 0.219 e. The first-order chi connectivity index (χ1) is 9.22. The van der Waals surface area contributed by atoms with Crippen LogP contribution < -0.4 is 9.47 Å². The predicted octanol–water partition coefficient (Wildman–Crippen LogP) is 2.92. The number of hydrogen-bond donors (Lipinski definition) is 1. The molecule has 1 aromatic carbocycles. The van der Waals surface area contributed by atoms with Gasteiger partial charge in [0.25, 0.3) is 0 Å². The number of methoxy groups -OCH3 is 1. The van der Waals surface area contributed by atoms with Gasteiger partial charge in [-0.15, -0.1) is 0 Å². The van der Waals surface area contributed by atoms with E-state index in [1.807, 2.05) is 24.3 Å². The van der Waals surface area contributed by atoms with Crippen LogP contribution in [0.3, 0.4) is 0 Å². The van der Waals surface area contributed by atoms with Crippen molar-refractivity contribution in [1.82, 2.24) is 4.98 Å². The second kappa shape index (κ2) is 6.54. The fourth-order valence-corrected chi connectivity index (χ4v) is 2.00. The van der Waals surface area contributed by atoms with Crippen LogP contribution in [0, 0.1) is 0 Å². The van der Waals surface area contributed by atoms with Gasteiger partial charge in [-0.2, -0.15) is 0 Å². The minimum Gasteiger partial charge on any atom is -0.497 e. The molecule has 0 spiro atoms. The molecule has 1 N–H and O–H groups in total. The highest BCUT2D eigenvalue weighted by Crippen LogP contribution is 2.21. The average molecular weight is 324 g/mol. The minimum atomic E-state index is -0.111. The molecule has 2 aromatic rings. The number of rotatable bonds is 5. The summed E-state index contributed by atoms with van der Waals surface area (Å²) in [6.07, 6.45) is 1.64. The first kappa shape index (κ1) is 13.8. The number of aromatic nitrogens is 1. The lowest BCUT2D eigenvalue weighted by atomic mass is 10.2. The predicted molar refractivity (Wildman–Crippen MR) is 75.2 cm³/mol. The minimum absolute atomic E-state index is 0.111. The number of ether oxygens (including phenoxy) is 2. The van der Waals surface area contributed by atoms with Crippen molar-refractivity contribution in [3.05, 3.63) is 52.1 Å². The fourth-order valence-electron chi connectivity index (χ4n) is 1.63. The van der Waals surface area contributed by atoms with Crippen LogP contribution in [0.1, 0.15) is 11.1 Å². The number of nitrogens with zero attached hydrogens (tertiary/aromatic N) is 1. The van der Waals surface area contributed by atoms with Gasteiger partial charge in [0.15, 0.2) is 0 Å². The zero-order valence-electron chi connectivity index (χ0n) is 10.5. The van der Waals surface area contributed by atoms with E-state index >= 15 is 0 Å². The molecule has 0 atom stereocenters. The lowest BCUT2D eigenvalue weighted by Crippen LogP contribution is -2.01. The molecule has 0 aliphatic heterocycles. The molecular formula is C14H14BrNO3. The SMILES string of the molecule is COc1cccc(COc2ncc(Br)cc2CO)c1. The first-order valence-corrected chi connectivity index (χ1v) is 6.53. The van der Waals surface area contributed by atoms with Gasteiger partial charge < -0.3 is 14.6 Å². The van der Waals surface area contributed by atoms with Gasteiger partial charge in [-0.1, -0.05) is 12.1 Å². The number of halogens is 1. The molecule has 19 heavy (non-hydrogen) atoms. The Morgan fingerprint density at radius 3 is 2.89 bits per heavy atom. The number of benzene rings is 1. The van der Waals surface area contributed by atoms with Crippen molar-refractivity contribution in [1.29, 1.82) is 0 Å². The largest absolute Gasteiger partial charge is 0.497 e. The molecule has 0 radical (unpaired) electrons. The van der Waals surface area contributed by atoms with E-state index < -0.39 is 0 Å². The van der Waals surface area contributed by atoms with Crippen LogP contribution in [-0.2, 0) is 13.2 Å². The Balaban J connectivity index is 2.09. The van der Waals surface area contributed by atoms with Gasteiger partial charge in [0.05, 0.1) is 13.7 Å². The summed E-state index contributed by atoms with van der Waals surface area (Å²) < 4.78 is 11.6. The molecular weight excluding hydrogens is 310 g/mol. The fraction of sp³-hybridized carbons (Fsp3) is 0.214. The average Bonchev–Trinajstić information content (AvgIpc) is 2.46. The molecule has 0 aliphatic rings. The lowest BCUT2D eigenvalue weighted by Gasteiger charge is -2.10. The van der Waals surface area contributed by atoms with Crippen LogP contribution in [0.2, 0.25) is 0 Å². The van der Waals surface area contributed by atoms with Crippen LogP contribution in [0.25, 0.3) is 0 Å². The summed E-state index contributed by atoms with van der Waals surface area (Å²) in [5.74, 6) is 1.22. The van der Waals surface area contributed by atoms with Crippen LogP contribution >= 0.6 is 15.9 Å². The maximum atomic E-state index is 9.26. The zero-order valence-corrected chi connectivity index (χ0v) is 12.1. The van der Waals surface area contributed by atoms with Gasteiger partial charge in [-0.05, 0) is 39.7 Å². The second-order valence-electron chi connectivity index (χ2n) is 3.92. The van der Waals surface area contributed by atoms with Gasteiger partial charge in [0.1, 0.15) is 12.4 Å². The molecule has 0 saturated heterocycles. The molecule has 0 bridgehead atoms. The summed E-state index contributed by atoms with van der Waals surface area (Å²) in [7, 11) is 1.63. The Hall–Kier alpha value is -1.59. The molecule has 0 fully saturated rings. The third kappa shape index (κ3) is 3.68. The van der Waals surface area contributed by atoms with E-state index in [1.165, 1.54) is 0 Å². The van der Waals surface area contributed by atoms with Crippen molar-refractivity contribution in [3.63, 3.8) is 0 Å². The highest BCUT2D eigenvalue weighted by molar-refractivity contribution is 9.10. The molecule has 0 amide bonds. The highest BCUT2D eigenvalue weighted by atomic mass is 79.9. The van der Waals surface area contributed by atoms with Crippen molar-refractivity contribution < 1.29 is 14.6 Å². The van der Waals surface area contributed by atoms with Gasteiger partial charge in [0, 0.05) is 16.2 Å². The van der Waals surface area contributed by atoms with Gasteiger partial charge in [0.2, 0.25) is 5.88 Å². The maximum absolute atomic E-state index is 9.26. The molecule has 0 unspecified atom stereocenters. The monoisotopic (exact) mass is 323 g/mol. The van der Waals surface area contributed by atoms with Crippen LogP contribution in [-0.4, -0.2) is 17.2 Å². The normalized spacial score (nSPS) is 10.3. The van der Waals surface area contributed by atoms with E-state index in [0.29, 0.717) is 18.1 Å². The Labute approximate surface area is 120 Å². The van der Waals surface area contributed by atoms with E-state index in [2.05, 4.69) is 20.9 Å². The third-order valence-corrected chi connectivity index (χ3v) is 3.01. The molecule has 1 aromatic heterocycles. The smallest absolute Gasteiger partial charge is 0.219 e. The molecule has 1 heterocycles. The molecule has 0 saturated carbocycles. The van der Waals surface area contributed by atoms with Gasteiger partial charge in [-0.3, -0.25) is 0 Å². The van der Waals surface area contributed by atoms with Crippen LogP contribution in [0.4, 0.5) is 0 Å². The summed E-state index contributed by atoms with van der Waals surface area (Å²) in [6.45, 7) is 0.263. The van der Waals surface area contributed by atoms with Crippen molar-refractivity contribution in [3.8, 4) is 11.6 Å². The second-order valence-corrected chi connectivity index (χ2v) is 4.83. The third-order valence-electron chi connectivity index (χ3n) is 2.57. The molecule has 4 nitrogen and oxygen atoms in total. The van der Waals surface area contributed by atoms with Crippen LogP contribution in [0.15, 0.2) is 41.0 Å². The zero-order chi connectivity index (χ0) is 13.7. The Morgan fingerprint density at radius 2 is 2.16 bits per heavy atom. The summed E-state index contributed by atoms with van der Waals surface area (Å²) in [4.78, 5) is 4.15. The van der Waals surface area contributed by atoms with Gasteiger partial charge in [-0.25, -0.2) is 4.98 Å². The van der Waals surface area contributed by atoms with Crippen LogP contribution in [0.5, 0.6) is 11.6 Å². The van der Waals surface area contributed by atoms with Crippen molar-refractivity contribution in [2.24, 2.45) is 0 Å². The Kier molecular flexibility index (Phi) is 4.76. The van der Waals surface area contributed by atoms with E-state index in [0.717, 1.165) is 15.8 Å². The van der Waals surface area contributed by atoms with E-state index in [1.54, 1.807) is 19.4 Å². The van der Waals surface area contributed by atoms with Gasteiger partial charge >= 0.3 is 0 Å². The van der Waals surface area contributed by atoms with Crippen molar-refractivity contribution in [2.45, 2.75) is 13.2 Å². The lowest BCUT2D eigenvalue weighted by molar-refractivity contribution is 0.252. The number of pyridine rings is 1. The molecule has 2 rings (SSSR count). The van der Waals surface area contributed by atoms with Crippen molar-refractivity contribution in [2.75, 3.05) is 7.11 Å². The Bertz CT molecular complexity index is 560. The number of hydrogen-bond acceptors (Lipinski definition) is 4. The topological polar surface area (TPSA) is 51.6 Å².